The number of hydrogen-bond donors (Lipinski definition) is 1. The SMILES string of the molecule is CC(=O)c1ccc(N2CCNCC2CN(C)C)cc1. The molecule has 0 radical (unpaired) electrons. The molecule has 104 valence electrons. The van der Waals surface area contributed by atoms with Gasteiger partial charge in [0.2, 0.25) is 0 Å². The zero-order valence-electron chi connectivity index (χ0n) is 12.0. The molecule has 1 aromatic carbocycles. The molecular formula is C15H23N3O. The number of anilines is 1. The van der Waals surface area contributed by atoms with Crippen LogP contribution in [-0.2, 0) is 0 Å². The molecule has 0 aromatic heterocycles. The normalized spacial score (nSPS) is 19.8. The Kier molecular flexibility index (Phi) is 4.56. The van der Waals surface area contributed by atoms with E-state index >= 15 is 0 Å². The van der Waals surface area contributed by atoms with Crippen molar-refractivity contribution in [1.29, 1.82) is 0 Å². The van der Waals surface area contributed by atoms with Gasteiger partial charge >= 0.3 is 0 Å². The number of benzene rings is 1. The van der Waals surface area contributed by atoms with Gasteiger partial charge in [0.05, 0.1) is 6.04 Å². The smallest absolute Gasteiger partial charge is 0.159 e. The van der Waals surface area contributed by atoms with Crippen molar-refractivity contribution in [2.75, 3.05) is 45.2 Å². The topological polar surface area (TPSA) is 35.6 Å². The molecule has 0 aliphatic carbocycles. The van der Waals surface area contributed by atoms with Gasteiger partial charge in [-0.2, -0.15) is 0 Å². The minimum Gasteiger partial charge on any atom is -0.365 e. The fourth-order valence-electron chi connectivity index (χ4n) is 2.57. The Balaban J connectivity index is 2.15. The maximum Gasteiger partial charge on any atom is 0.159 e. The van der Waals surface area contributed by atoms with E-state index in [4.69, 9.17) is 0 Å². The first-order chi connectivity index (χ1) is 9.08. The van der Waals surface area contributed by atoms with E-state index in [-0.39, 0.29) is 5.78 Å². The summed E-state index contributed by atoms with van der Waals surface area (Å²) in [6.07, 6.45) is 0. The number of ketones is 1. The van der Waals surface area contributed by atoms with Crippen LogP contribution in [0.25, 0.3) is 0 Å². The fraction of sp³-hybridized carbons (Fsp3) is 0.533. The average molecular weight is 261 g/mol. The van der Waals surface area contributed by atoms with Crippen molar-refractivity contribution in [2.24, 2.45) is 0 Å². The molecule has 1 aliphatic rings. The van der Waals surface area contributed by atoms with Crippen molar-refractivity contribution in [1.82, 2.24) is 10.2 Å². The van der Waals surface area contributed by atoms with Gasteiger partial charge in [-0.25, -0.2) is 0 Å². The number of piperazine rings is 1. The highest BCUT2D eigenvalue weighted by molar-refractivity contribution is 5.94. The predicted octanol–water partition coefficient (Wildman–Crippen LogP) is 1.23. The molecular weight excluding hydrogens is 238 g/mol. The summed E-state index contributed by atoms with van der Waals surface area (Å²) >= 11 is 0. The van der Waals surface area contributed by atoms with Crippen molar-refractivity contribution in [3.8, 4) is 0 Å². The van der Waals surface area contributed by atoms with Gasteiger partial charge < -0.3 is 15.1 Å². The van der Waals surface area contributed by atoms with E-state index in [1.54, 1.807) is 6.92 Å². The first-order valence-electron chi connectivity index (χ1n) is 6.81. The van der Waals surface area contributed by atoms with Gasteiger partial charge in [-0.15, -0.1) is 0 Å². The van der Waals surface area contributed by atoms with E-state index in [1.807, 2.05) is 12.1 Å². The molecule has 4 heteroatoms. The zero-order valence-corrected chi connectivity index (χ0v) is 12.0. The summed E-state index contributed by atoms with van der Waals surface area (Å²) in [5, 5.41) is 3.45. The zero-order chi connectivity index (χ0) is 13.8. The number of carbonyl (C=O) groups excluding carboxylic acids is 1. The lowest BCUT2D eigenvalue weighted by atomic mass is 10.1. The van der Waals surface area contributed by atoms with E-state index < -0.39 is 0 Å². The molecule has 0 bridgehead atoms. The summed E-state index contributed by atoms with van der Waals surface area (Å²) in [6, 6.07) is 8.45. The summed E-state index contributed by atoms with van der Waals surface area (Å²) < 4.78 is 0. The maximum absolute atomic E-state index is 11.3. The van der Waals surface area contributed by atoms with Crippen LogP contribution in [0, 0.1) is 0 Å². The molecule has 4 nitrogen and oxygen atoms in total. The summed E-state index contributed by atoms with van der Waals surface area (Å²) in [7, 11) is 4.21. The number of hydrogen-bond acceptors (Lipinski definition) is 4. The molecule has 1 fully saturated rings. The van der Waals surface area contributed by atoms with Crippen LogP contribution in [0.1, 0.15) is 17.3 Å². The predicted molar refractivity (Wildman–Crippen MR) is 79.0 cm³/mol. The third-order valence-corrected chi connectivity index (χ3v) is 3.53. The lowest BCUT2D eigenvalue weighted by Gasteiger charge is -2.39. The van der Waals surface area contributed by atoms with E-state index in [0.29, 0.717) is 6.04 Å². The standard InChI is InChI=1S/C15H23N3O/c1-12(19)13-4-6-14(7-5-13)18-9-8-16-10-15(18)11-17(2)3/h4-7,15-16H,8-11H2,1-3H3. The van der Waals surface area contributed by atoms with E-state index in [1.165, 1.54) is 5.69 Å². The van der Waals surface area contributed by atoms with E-state index in [0.717, 1.165) is 31.7 Å². The molecule has 0 amide bonds. The number of rotatable bonds is 4. The first-order valence-corrected chi connectivity index (χ1v) is 6.81. The third kappa shape index (κ3) is 3.55. The Hall–Kier alpha value is -1.39. The summed E-state index contributed by atoms with van der Waals surface area (Å²) in [6.45, 7) is 5.67. The monoisotopic (exact) mass is 261 g/mol. The van der Waals surface area contributed by atoms with Crippen LogP contribution >= 0.6 is 0 Å². The number of Topliss-reactive ketones (excluding diaryl/α,β-unsaturated/α-hetero) is 1. The van der Waals surface area contributed by atoms with Crippen LogP contribution in [-0.4, -0.2) is 57.0 Å². The molecule has 1 atom stereocenters. The highest BCUT2D eigenvalue weighted by Crippen LogP contribution is 2.19. The van der Waals surface area contributed by atoms with Gasteiger partial charge in [0.25, 0.3) is 0 Å². The highest BCUT2D eigenvalue weighted by atomic mass is 16.1. The molecule has 2 rings (SSSR count). The van der Waals surface area contributed by atoms with Crippen molar-refractivity contribution in [2.45, 2.75) is 13.0 Å². The lowest BCUT2D eigenvalue weighted by Crippen LogP contribution is -2.55. The van der Waals surface area contributed by atoms with Crippen molar-refractivity contribution < 1.29 is 4.79 Å². The first kappa shape index (κ1) is 14.0. The number of carbonyl (C=O) groups is 1. The van der Waals surface area contributed by atoms with Gasteiger partial charge in [0.15, 0.2) is 5.78 Å². The maximum atomic E-state index is 11.3. The lowest BCUT2D eigenvalue weighted by molar-refractivity contribution is 0.101. The largest absolute Gasteiger partial charge is 0.365 e. The Labute approximate surface area is 115 Å². The van der Waals surface area contributed by atoms with Crippen LogP contribution in [0.2, 0.25) is 0 Å². The quantitative estimate of drug-likeness (QED) is 0.827. The third-order valence-electron chi connectivity index (χ3n) is 3.53. The molecule has 1 heterocycles. The summed E-state index contributed by atoms with van der Waals surface area (Å²) in [5.74, 6) is 0.122. The number of nitrogens with one attached hydrogen (secondary N) is 1. The van der Waals surface area contributed by atoms with Crippen LogP contribution in [0.4, 0.5) is 5.69 Å². The number of likely N-dealkylation sites (N-methyl/N-ethyl adjacent to an activating group) is 1. The fourth-order valence-corrected chi connectivity index (χ4v) is 2.57. The Bertz CT molecular complexity index is 428. The van der Waals surface area contributed by atoms with Crippen LogP contribution in [0.15, 0.2) is 24.3 Å². The van der Waals surface area contributed by atoms with Gasteiger partial charge in [-0.05, 0) is 45.3 Å². The second-order valence-electron chi connectivity index (χ2n) is 5.42. The second-order valence-corrected chi connectivity index (χ2v) is 5.42. The molecule has 1 unspecified atom stereocenters. The molecule has 1 aromatic rings. The molecule has 0 saturated carbocycles. The highest BCUT2D eigenvalue weighted by Gasteiger charge is 2.22. The second kappa shape index (κ2) is 6.17. The summed E-state index contributed by atoms with van der Waals surface area (Å²) in [5.41, 5.74) is 1.99. The van der Waals surface area contributed by atoms with Crippen LogP contribution in [0.5, 0.6) is 0 Å². The van der Waals surface area contributed by atoms with Gasteiger partial charge in [0, 0.05) is 37.4 Å². The summed E-state index contributed by atoms with van der Waals surface area (Å²) in [4.78, 5) is 16.0. The minimum atomic E-state index is 0.122. The minimum absolute atomic E-state index is 0.122. The van der Waals surface area contributed by atoms with E-state index in [9.17, 15) is 4.79 Å². The molecule has 19 heavy (non-hydrogen) atoms. The van der Waals surface area contributed by atoms with Crippen LogP contribution in [0.3, 0.4) is 0 Å². The Morgan fingerprint density at radius 1 is 1.37 bits per heavy atom. The Morgan fingerprint density at radius 3 is 2.63 bits per heavy atom. The molecule has 1 aliphatic heterocycles. The van der Waals surface area contributed by atoms with Crippen molar-refractivity contribution in [3.63, 3.8) is 0 Å². The average Bonchev–Trinajstić information content (AvgIpc) is 2.39. The van der Waals surface area contributed by atoms with Gasteiger partial charge in [-0.1, -0.05) is 0 Å². The molecule has 0 spiro atoms. The van der Waals surface area contributed by atoms with Crippen molar-refractivity contribution in [3.05, 3.63) is 29.8 Å². The van der Waals surface area contributed by atoms with Gasteiger partial charge in [0.1, 0.15) is 0 Å². The van der Waals surface area contributed by atoms with Gasteiger partial charge in [-0.3, -0.25) is 4.79 Å². The Morgan fingerprint density at radius 2 is 2.05 bits per heavy atom. The molecule has 1 saturated heterocycles. The van der Waals surface area contributed by atoms with Crippen molar-refractivity contribution >= 4 is 11.5 Å². The van der Waals surface area contributed by atoms with Crippen LogP contribution < -0.4 is 10.2 Å². The molecule has 1 N–H and O–H groups in total. The number of nitrogens with zero attached hydrogens (tertiary/aromatic N) is 2. The van der Waals surface area contributed by atoms with E-state index in [2.05, 4.69) is 41.3 Å².